The fourth-order valence-electron chi connectivity index (χ4n) is 0.0962. The van der Waals surface area contributed by atoms with E-state index in [1.54, 1.807) is 0 Å². The van der Waals surface area contributed by atoms with Crippen LogP contribution < -0.4 is 5.32 Å². The molecule has 3 aliphatic rings. The molecular formula is C7H15NOS. The van der Waals surface area contributed by atoms with Crippen molar-refractivity contribution in [3.8, 4) is 0 Å². The molecule has 3 saturated heterocycles. The summed E-state index contributed by atoms with van der Waals surface area (Å²) in [7, 11) is 0. The summed E-state index contributed by atoms with van der Waals surface area (Å²) in [5.41, 5.74) is 0. The van der Waals surface area contributed by atoms with E-state index in [9.17, 15) is 0 Å². The lowest BCUT2D eigenvalue weighted by molar-refractivity contribution is 0.423. The van der Waals surface area contributed by atoms with Gasteiger partial charge < -0.3 is 10.1 Å². The number of hydrogen-bond acceptors (Lipinski definition) is 3. The van der Waals surface area contributed by atoms with Crippen molar-refractivity contribution in [3.05, 3.63) is 0 Å². The highest BCUT2D eigenvalue weighted by Gasteiger charge is 2.13. The van der Waals surface area contributed by atoms with Crippen LogP contribution >= 0.6 is 11.8 Å². The van der Waals surface area contributed by atoms with Crippen LogP contribution in [-0.4, -0.2) is 37.3 Å². The van der Waals surface area contributed by atoms with Gasteiger partial charge >= 0.3 is 0 Å². The van der Waals surface area contributed by atoms with Gasteiger partial charge in [0.15, 0.2) is 0 Å². The SMILES string of the molecule is C1CN1.C1CS1.CC1CO1. The Kier molecular flexibility index (Phi) is 4.18. The molecule has 0 bridgehead atoms. The highest BCUT2D eigenvalue weighted by atomic mass is 32.2. The maximum atomic E-state index is 4.71. The maximum Gasteiger partial charge on any atom is 0.0781 e. The maximum absolute atomic E-state index is 4.71. The normalized spacial score (nSPS) is 30.3. The number of ether oxygens (including phenoxy) is 1. The second-order valence-corrected chi connectivity index (χ2v) is 3.73. The van der Waals surface area contributed by atoms with Crippen molar-refractivity contribution >= 4 is 11.8 Å². The molecule has 3 rings (SSSR count). The molecule has 0 aromatic heterocycles. The third-order valence-corrected chi connectivity index (χ3v) is 1.36. The largest absolute Gasteiger partial charge is 0.373 e. The van der Waals surface area contributed by atoms with Crippen LogP contribution in [0.5, 0.6) is 0 Å². The Morgan fingerprint density at radius 1 is 1.40 bits per heavy atom. The number of rotatable bonds is 0. The molecule has 1 atom stereocenters. The van der Waals surface area contributed by atoms with Crippen molar-refractivity contribution in [2.45, 2.75) is 13.0 Å². The molecule has 3 aliphatic heterocycles. The minimum absolute atomic E-state index is 0.583. The smallest absolute Gasteiger partial charge is 0.0781 e. The van der Waals surface area contributed by atoms with Crippen molar-refractivity contribution in [1.29, 1.82) is 0 Å². The summed E-state index contributed by atoms with van der Waals surface area (Å²) in [5, 5.41) is 3.00. The number of thioether (sulfide) groups is 1. The highest BCUT2D eigenvalue weighted by Crippen LogP contribution is 2.14. The molecular weight excluding hydrogens is 146 g/mol. The van der Waals surface area contributed by atoms with Gasteiger partial charge in [0.05, 0.1) is 12.7 Å². The standard InChI is InChI=1S/C3H6O.C2H5N.C2H4S/c1-3-2-4-3;2*1-2-3-1/h3H,2H2,1H3;3H,1-2H2;1-2H2. The minimum atomic E-state index is 0.583. The summed E-state index contributed by atoms with van der Waals surface area (Å²) in [5.74, 6) is 2.83. The lowest BCUT2D eigenvalue weighted by Gasteiger charge is -1.50. The van der Waals surface area contributed by atoms with E-state index >= 15 is 0 Å². The van der Waals surface area contributed by atoms with Crippen molar-refractivity contribution in [2.24, 2.45) is 0 Å². The van der Waals surface area contributed by atoms with Gasteiger partial charge in [0, 0.05) is 24.6 Å². The molecule has 2 nitrogen and oxygen atoms in total. The Morgan fingerprint density at radius 2 is 1.70 bits per heavy atom. The average Bonchev–Trinajstić information content (AvgIpc) is 2.71. The highest BCUT2D eigenvalue weighted by molar-refractivity contribution is 8.06. The first kappa shape index (κ1) is 8.37. The quantitative estimate of drug-likeness (QED) is 0.532. The Labute approximate surface area is 66.7 Å². The molecule has 10 heavy (non-hydrogen) atoms. The van der Waals surface area contributed by atoms with Crippen molar-refractivity contribution in [1.82, 2.24) is 5.32 Å². The lowest BCUT2D eigenvalue weighted by atomic mass is 10.6. The van der Waals surface area contributed by atoms with Crippen LogP contribution in [0.4, 0.5) is 0 Å². The summed E-state index contributed by atoms with van der Waals surface area (Å²) < 4.78 is 4.71. The Morgan fingerprint density at radius 3 is 1.70 bits per heavy atom. The number of epoxide rings is 1. The van der Waals surface area contributed by atoms with Gasteiger partial charge in [-0.25, -0.2) is 0 Å². The van der Waals surface area contributed by atoms with E-state index in [1.807, 2.05) is 11.8 Å². The fourth-order valence-corrected chi connectivity index (χ4v) is 0.0962. The van der Waals surface area contributed by atoms with Gasteiger partial charge in [-0.3, -0.25) is 0 Å². The summed E-state index contributed by atoms with van der Waals surface area (Å²) >= 11 is 2.00. The van der Waals surface area contributed by atoms with Crippen LogP contribution in [0.25, 0.3) is 0 Å². The third kappa shape index (κ3) is 15.7. The van der Waals surface area contributed by atoms with Crippen LogP contribution in [0.15, 0.2) is 0 Å². The molecule has 1 unspecified atom stereocenters. The molecule has 0 aromatic rings. The monoisotopic (exact) mass is 161 g/mol. The van der Waals surface area contributed by atoms with Gasteiger partial charge in [-0.2, -0.15) is 11.8 Å². The fraction of sp³-hybridized carbons (Fsp3) is 1.00. The zero-order chi connectivity index (χ0) is 7.23. The van der Waals surface area contributed by atoms with E-state index in [0.29, 0.717) is 6.10 Å². The minimum Gasteiger partial charge on any atom is -0.373 e. The summed E-state index contributed by atoms with van der Waals surface area (Å²) in [6.07, 6.45) is 0.583. The predicted molar refractivity (Wildman–Crippen MR) is 45.6 cm³/mol. The van der Waals surface area contributed by atoms with Crippen LogP contribution in [0, 0.1) is 0 Å². The third-order valence-electron chi connectivity index (χ3n) is 0.954. The average molecular weight is 161 g/mol. The predicted octanol–water partition coefficient (Wildman–Crippen LogP) is 0.728. The molecule has 3 heterocycles. The molecule has 3 heteroatoms. The first-order valence-electron chi connectivity index (χ1n) is 3.79. The van der Waals surface area contributed by atoms with E-state index in [-0.39, 0.29) is 0 Å². The van der Waals surface area contributed by atoms with Crippen LogP contribution in [0.1, 0.15) is 6.92 Å². The molecule has 0 spiro atoms. The molecule has 0 amide bonds. The second kappa shape index (κ2) is 4.99. The Bertz CT molecular complexity index is 70.2. The van der Waals surface area contributed by atoms with Gasteiger partial charge in [0.1, 0.15) is 0 Å². The van der Waals surface area contributed by atoms with Crippen LogP contribution in [0.2, 0.25) is 0 Å². The number of hydrogen-bond donors (Lipinski definition) is 1. The summed E-state index contributed by atoms with van der Waals surface area (Å²) in [6, 6.07) is 0. The van der Waals surface area contributed by atoms with Crippen molar-refractivity contribution < 1.29 is 4.74 Å². The first-order chi connectivity index (χ1) is 4.89. The summed E-state index contributed by atoms with van der Waals surface area (Å²) in [4.78, 5) is 0. The number of nitrogens with one attached hydrogen (secondary N) is 1. The molecule has 3 fully saturated rings. The van der Waals surface area contributed by atoms with Gasteiger partial charge in [-0.15, -0.1) is 0 Å². The van der Waals surface area contributed by atoms with Gasteiger partial charge in [-0.05, 0) is 6.92 Å². The van der Waals surface area contributed by atoms with E-state index in [4.69, 9.17) is 4.74 Å². The van der Waals surface area contributed by atoms with Gasteiger partial charge in [0.2, 0.25) is 0 Å². The molecule has 0 saturated carbocycles. The first-order valence-corrected chi connectivity index (χ1v) is 4.95. The van der Waals surface area contributed by atoms with E-state index in [0.717, 1.165) is 6.61 Å². The molecule has 1 N–H and O–H groups in total. The van der Waals surface area contributed by atoms with Crippen LogP contribution in [-0.2, 0) is 4.74 Å². The van der Waals surface area contributed by atoms with Crippen LogP contribution in [0.3, 0.4) is 0 Å². The van der Waals surface area contributed by atoms with E-state index in [1.165, 1.54) is 24.6 Å². The van der Waals surface area contributed by atoms with E-state index < -0.39 is 0 Å². The van der Waals surface area contributed by atoms with Gasteiger partial charge in [0.25, 0.3) is 0 Å². The molecule has 0 aromatic carbocycles. The van der Waals surface area contributed by atoms with Crippen molar-refractivity contribution in [3.63, 3.8) is 0 Å². The Balaban J connectivity index is 0.0000000762. The lowest BCUT2D eigenvalue weighted by Crippen LogP contribution is -1.60. The van der Waals surface area contributed by atoms with Gasteiger partial charge in [-0.1, -0.05) is 0 Å². The second-order valence-electron chi connectivity index (χ2n) is 2.51. The van der Waals surface area contributed by atoms with Crippen molar-refractivity contribution in [2.75, 3.05) is 31.2 Å². The Hall–Kier alpha value is 0.270. The topological polar surface area (TPSA) is 34.5 Å². The summed E-state index contributed by atoms with van der Waals surface area (Å²) in [6.45, 7) is 5.54. The zero-order valence-electron chi connectivity index (χ0n) is 6.43. The molecule has 60 valence electrons. The molecule has 0 aliphatic carbocycles. The zero-order valence-corrected chi connectivity index (χ0v) is 7.25. The molecule has 0 radical (unpaired) electrons. The van der Waals surface area contributed by atoms with E-state index in [2.05, 4.69) is 12.2 Å².